The second-order valence-corrected chi connectivity index (χ2v) is 9.62. The van der Waals surface area contributed by atoms with Crippen molar-refractivity contribution in [2.45, 2.75) is 29.2 Å². The van der Waals surface area contributed by atoms with E-state index in [1.54, 1.807) is 18.0 Å². The van der Waals surface area contributed by atoms with E-state index in [0.717, 1.165) is 42.0 Å². The number of benzene rings is 2. The van der Waals surface area contributed by atoms with Crippen molar-refractivity contribution < 1.29 is 9.53 Å². The highest BCUT2D eigenvalue weighted by Gasteiger charge is 2.50. The van der Waals surface area contributed by atoms with Gasteiger partial charge < -0.3 is 15.0 Å². The Kier molecular flexibility index (Phi) is 6.48. The molecular formula is C26H25N5O2S. The van der Waals surface area contributed by atoms with Gasteiger partial charge in [0, 0.05) is 42.0 Å². The van der Waals surface area contributed by atoms with E-state index in [1.807, 2.05) is 30.3 Å². The zero-order chi connectivity index (χ0) is 23.4. The van der Waals surface area contributed by atoms with Crippen LogP contribution in [-0.4, -0.2) is 42.2 Å². The predicted molar refractivity (Wildman–Crippen MR) is 131 cm³/mol. The molecule has 34 heavy (non-hydrogen) atoms. The van der Waals surface area contributed by atoms with Crippen molar-refractivity contribution in [1.29, 1.82) is 5.26 Å². The molecule has 1 saturated heterocycles. The second-order valence-electron chi connectivity index (χ2n) is 8.53. The number of carbonyl (C=O) groups excluding carboxylic acids is 1. The Labute approximate surface area is 203 Å². The van der Waals surface area contributed by atoms with Crippen molar-refractivity contribution in [2.75, 3.05) is 36.5 Å². The molecule has 1 saturated carbocycles. The number of ether oxygens (including phenoxy) is 1. The molecule has 0 atom stereocenters. The molecule has 2 aromatic carbocycles. The molecule has 1 aliphatic heterocycles. The quantitative estimate of drug-likeness (QED) is 0.514. The van der Waals surface area contributed by atoms with Gasteiger partial charge in [0.15, 0.2) is 0 Å². The zero-order valence-corrected chi connectivity index (χ0v) is 19.6. The molecule has 3 aromatic rings. The summed E-state index contributed by atoms with van der Waals surface area (Å²) < 4.78 is 5.43. The van der Waals surface area contributed by atoms with E-state index in [1.165, 1.54) is 11.3 Å². The average molecular weight is 472 g/mol. The van der Waals surface area contributed by atoms with Gasteiger partial charge in [-0.2, -0.15) is 5.26 Å². The summed E-state index contributed by atoms with van der Waals surface area (Å²) >= 11 is 1.55. The number of hydrogen-bond acceptors (Lipinski definition) is 7. The third kappa shape index (κ3) is 5.22. The lowest BCUT2D eigenvalue weighted by Crippen LogP contribution is -2.36. The second kappa shape index (κ2) is 9.84. The van der Waals surface area contributed by atoms with Gasteiger partial charge in [0.1, 0.15) is 16.3 Å². The molecule has 0 radical (unpaired) electrons. The number of carbonyl (C=O) groups is 1. The first kappa shape index (κ1) is 22.4. The Morgan fingerprint density at radius 2 is 1.82 bits per heavy atom. The highest BCUT2D eigenvalue weighted by molar-refractivity contribution is 7.99. The van der Waals surface area contributed by atoms with Crippen molar-refractivity contribution in [1.82, 2.24) is 9.97 Å². The molecule has 2 fully saturated rings. The fourth-order valence-electron chi connectivity index (χ4n) is 3.84. The maximum atomic E-state index is 12.2. The van der Waals surface area contributed by atoms with Crippen LogP contribution < -0.4 is 10.2 Å². The lowest BCUT2D eigenvalue weighted by atomic mass is 10.1. The van der Waals surface area contributed by atoms with Crippen LogP contribution in [0.25, 0.3) is 0 Å². The van der Waals surface area contributed by atoms with Gasteiger partial charge in [-0.15, -0.1) is 0 Å². The van der Waals surface area contributed by atoms with Gasteiger partial charge in [0.2, 0.25) is 5.91 Å². The Morgan fingerprint density at radius 1 is 1.09 bits per heavy atom. The molecule has 5 rings (SSSR count). The molecule has 1 aromatic heterocycles. The summed E-state index contributed by atoms with van der Waals surface area (Å²) in [7, 11) is 0. The lowest BCUT2D eigenvalue weighted by molar-refractivity contribution is -0.119. The molecule has 1 aliphatic carbocycles. The summed E-state index contributed by atoms with van der Waals surface area (Å²) in [5.74, 6) is 0.563. The first-order valence-electron chi connectivity index (χ1n) is 11.4. The van der Waals surface area contributed by atoms with Crippen molar-refractivity contribution in [2.24, 2.45) is 5.41 Å². The molecule has 172 valence electrons. The monoisotopic (exact) mass is 471 g/mol. The van der Waals surface area contributed by atoms with Crippen molar-refractivity contribution >= 4 is 29.0 Å². The van der Waals surface area contributed by atoms with Gasteiger partial charge in [-0.3, -0.25) is 4.79 Å². The van der Waals surface area contributed by atoms with Gasteiger partial charge in [-0.1, -0.05) is 23.9 Å². The van der Waals surface area contributed by atoms with Crippen LogP contribution in [0.3, 0.4) is 0 Å². The summed E-state index contributed by atoms with van der Waals surface area (Å²) in [6.07, 6.45) is 3.73. The van der Waals surface area contributed by atoms with E-state index < -0.39 is 5.41 Å². The van der Waals surface area contributed by atoms with E-state index in [4.69, 9.17) is 15.0 Å². The van der Waals surface area contributed by atoms with E-state index in [9.17, 15) is 4.79 Å². The topological polar surface area (TPSA) is 91.1 Å². The summed E-state index contributed by atoms with van der Waals surface area (Å²) in [4.78, 5) is 24.7. The van der Waals surface area contributed by atoms with Crippen LogP contribution in [0.15, 0.2) is 70.7 Å². The van der Waals surface area contributed by atoms with Crippen LogP contribution in [-0.2, 0) is 16.0 Å². The molecule has 1 N–H and O–H groups in total. The summed E-state index contributed by atoms with van der Waals surface area (Å²) in [6, 6.07) is 20.2. The highest BCUT2D eigenvalue weighted by atomic mass is 32.2. The molecule has 0 spiro atoms. The number of anilines is 2. The Morgan fingerprint density at radius 3 is 2.50 bits per heavy atom. The number of morpholine rings is 1. The number of nitriles is 1. The van der Waals surface area contributed by atoms with E-state index in [0.29, 0.717) is 24.9 Å². The predicted octanol–water partition coefficient (Wildman–Crippen LogP) is 4.30. The molecule has 0 unspecified atom stereocenters. The van der Waals surface area contributed by atoms with Gasteiger partial charge in [-0.25, -0.2) is 9.97 Å². The number of amides is 1. The third-order valence-corrected chi connectivity index (χ3v) is 7.03. The number of nitrogens with zero attached hydrogens (tertiary/aromatic N) is 4. The number of hydrogen-bond donors (Lipinski definition) is 1. The number of rotatable bonds is 7. The molecule has 8 heteroatoms. The van der Waals surface area contributed by atoms with E-state index >= 15 is 0 Å². The highest BCUT2D eigenvalue weighted by Crippen LogP contribution is 2.45. The maximum absolute atomic E-state index is 12.2. The molecule has 7 nitrogen and oxygen atoms in total. The normalized spacial score (nSPS) is 16.5. The van der Waals surface area contributed by atoms with Crippen LogP contribution in [0.5, 0.6) is 0 Å². The minimum atomic E-state index is -0.826. The Hall–Kier alpha value is -3.41. The average Bonchev–Trinajstić information content (AvgIpc) is 3.68. The van der Waals surface area contributed by atoms with Crippen LogP contribution in [0.4, 0.5) is 11.4 Å². The van der Waals surface area contributed by atoms with Gasteiger partial charge in [-0.05, 0) is 60.9 Å². The van der Waals surface area contributed by atoms with Crippen molar-refractivity contribution in [3.63, 3.8) is 0 Å². The summed E-state index contributed by atoms with van der Waals surface area (Å²) in [5.41, 5.74) is 2.26. The fourth-order valence-corrected chi connectivity index (χ4v) is 4.64. The molecule has 2 heterocycles. The largest absolute Gasteiger partial charge is 0.378 e. The first-order valence-corrected chi connectivity index (χ1v) is 12.2. The minimum absolute atomic E-state index is 0.214. The van der Waals surface area contributed by atoms with Crippen molar-refractivity contribution in [3.05, 3.63) is 72.2 Å². The number of nitrogens with one attached hydrogen (secondary N) is 1. The smallest absolute Gasteiger partial charge is 0.244 e. The van der Waals surface area contributed by atoms with Gasteiger partial charge in [0.05, 0.1) is 19.3 Å². The van der Waals surface area contributed by atoms with Crippen LogP contribution in [0, 0.1) is 16.7 Å². The lowest BCUT2D eigenvalue weighted by Gasteiger charge is -2.28. The van der Waals surface area contributed by atoms with Crippen LogP contribution in [0.1, 0.15) is 24.2 Å². The van der Waals surface area contributed by atoms with Crippen LogP contribution >= 0.6 is 11.8 Å². The molecule has 1 amide bonds. The molecule has 2 aliphatic rings. The number of aromatic nitrogens is 2. The summed E-state index contributed by atoms with van der Waals surface area (Å²) in [5, 5.41) is 12.9. The third-order valence-electron chi connectivity index (χ3n) is 6.09. The van der Waals surface area contributed by atoms with E-state index in [-0.39, 0.29) is 5.91 Å². The Balaban J connectivity index is 1.19. The summed E-state index contributed by atoms with van der Waals surface area (Å²) in [6.45, 7) is 3.41. The Bertz CT molecular complexity index is 1200. The SMILES string of the molecule is N#CC1(C(=O)Nc2ccc(Sc3ccnc(Cc4ccc(N5CCOCC5)cc4)n3)cc2)CC1. The van der Waals surface area contributed by atoms with E-state index in [2.05, 4.69) is 45.5 Å². The van der Waals surface area contributed by atoms with Crippen molar-refractivity contribution in [3.8, 4) is 6.07 Å². The maximum Gasteiger partial charge on any atom is 0.244 e. The zero-order valence-electron chi connectivity index (χ0n) is 18.7. The van der Waals surface area contributed by atoms with Gasteiger partial charge >= 0.3 is 0 Å². The first-order chi connectivity index (χ1) is 16.6. The standard InChI is InChI=1S/C26H25N5O2S/c27-18-26(10-11-26)25(32)29-20-3-7-22(8-4-20)34-24-9-12-28-23(30-24)17-19-1-5-21(6-2-19)31-13-15-33-16-14-31/h1-9,12H,10-11,13-17H2,(H,29,32). The fraction of sp³-hybridized carbons (Fsp3) is 0.308. The van der Waals surface area contributed by atoms with Crippen LogP contribution in [0.2, 0.25) is 0 Å². The minimum Gasteiger partial charge on any atom is -0.378 e. The molecule has 0 bridgehead atoms. The van der Waals surface area contributed by atoms with Gasteiger partial charge in [0.25, 0.3) is 0 Å². The molecular weight excluding hydrogens is 446 g/mol.